The van der Waals surface area contributed by atoms with E-state index in [-0.39, 0.29) is 11.8 Å². The maximum atomic E-state index is 10.9. The molecule has 19 heavy (non-hydrogen) atoms. The van der Waals surface area contributed by atoms with Gasteiger partial charge in [0.05, 0.1) is 6.61 Å². The van der Waals surface area contributed by atoms with Gasteiger partial charge in [-0.1, -0.05) is 12.1 Å². The Balaban J connectivity index is 1.93. The molecule has 0 amide bonds. The number of phenolic OH excluding ortho intramolecular Hbond substituents is 1. The summed E-state index contributed by atoms with van der Waals surface area (Å²) in [7, 11) is 0. The summed E-state index contributed by atoms with van der Waals surface area (Å²) in [6, 6.07) is 7.36. The normalized spacial score (nSPS) is 22.1. The van der Waals surface area contributed by atoms with E-state index in [1.165, 1.54) is 0 Å². The number of hydrogen-bond donors (Lipinski definition) is 2. The lowest BCUT2D eigenvalue weighted by molar-refractivity contribution is -0.156. The summed E-state index contributed by atoms with van der Waals surface area (Å²) < 4.78 is 5.21. The Kier molecular flexibility index (Phi) is 4.39. The summed E-state index contributed by atoms with van der Waals surface area (Å²) in [5.41, 5.74) is 1.13. The quantitative estimate of drug-likeness (QED) is 0.853. The monoisotopic (exact) mass is 265 g/mol. The van der Waals surface area contributed by atoms with Crippen LogP contribution in [-0.4, -0.2) is 52.9 Å². The van der Waals surface area contributed by atoms with Crippen LogP contribution in [-0.2, 0) is 16.0 Å². The highest BCUT2D eigenvalue weighted by atomic mass is 16.5. The molecule has 2 N–H and O–H groups in total. The lowest BCUT2D eigenvalue weighted by atomic mass is 10.0. The average molecular weight is 265 g/mol. The second kappa shape index (κ2) is 6.04. The van der Waals surface area contributed by atoms with E-state index in [1.807, 2.05) is 12.1 Å². The van der Waals surface area contributed by atoms with E-state index in [0.717, 1.165) is 18.5 Å². The van der Waals surface area contributed by atoms with Crippen molar-refractivity contribution in [2.75, 3.05) is 19.7 Å². The largest absolute Gasteiger partial charge is 0.508 e. The summed E-state index contributed by atoms with van der Waals surface area (Å²) in [5, 5.41) is 18.2. The Morgan fingerprint density at radius 3 is 2.79 bits per heavy atom. The molecule has 5 nitrogen and oxygen atoms in total. The minimum atomic E-state index is -0.901. The molecule has 0 radical (unpaired) electrons. The van der Waals surface area contributed by atoms with Crippen LogP contribution in [0.2, 0.25) is 0 Å². The number of carboxylic acid groups (broad SMARTS) is 1. The van der Waals surface area contributed by atoms with Crippen molar-refractivity contribution >= 4 is 5.97 Å². The van der Waals surface area contributed by atoms with Crippen LogP contribution in [0.3, 0.4) is 0 Å². The highest BCUT2D eigenvalue weighted by Gasteiger charge is 2.28. The predicted octanol–water partition coefficient (Wildman–Crippen LogP) is 1.11. The number of aromatic hydroxyl groups is 1. The number of carboxylic acids is 1. The fraction of sp³-hybridized carbons (Fsp3) is 0.500. The highest BCUT2D eigenvalue weighted by Crippen LogP contribution is 2.16. The topological polar surface area (TPSA) is 70.0 Å². The van der Waals surface area contributed by atoms with Crippen LogP contribution in [0.5, 0.6) is 5.75 Å². The number of nitrogens with zero attached hydrogens (tertiary/aromatic N) is 1. The minimum Gasteiger partial charge on any atom is -0.508 e. The van der Waals surface area contributed by atoms with Crippen molar-refractivity contribution < 1.29 is 19.7 Å². The van der Waals surface area contributed by atoms with Gasteiger partial charge in [-0.05, 0) is 31.0 Å². The van der Waals surface area contributed by atoms with Crippen LogP contribution in [0.4, 0.5) is 0 Å². The molecule has 1 heterocycles. The van der Waals surface area contributed by atoms with Crippen LogP contribution in [0.25, 0.3) is 0 Å². The Labute approximate surface area is 112 Å². The molecule has 1 aromatic rings. The van der Waals surface area contributed by atoms with Crippen molar-refractivity contribution in [3.63, 3.8) is 0 Å². The third-order valence-corrected chi connectivity index (χ3v) is 3.46. The Morgan fingerprint density at radius 1 is 1.47 bits per heavy atom. The van der Waals surface area contributed by atoms with E-state index in [1.54, 1.807) is 12.1 Å². The van der Waals surface area contributed by atoms with E-state index in [0.29, 0.717) is 13.2 Å². The first-order valence-electron chi connectivity index (χ1n) is 6.42. The van der Waals surface area contributed by atoms with Crippen molar-refractivity contribution in [2.45, 2.75) is 25.5 Å². The number of rotatable bonds is 4. The lowest BCUT2D eigenvalue weighted by Crippen LogP contribution is -2.50. The molecule has 2 rings (SSSR count). The van der Waals surface area contributed by atoms with Gasteiger partial charge >= 0.3 is 5.97 Å². The predicted molar refractivity (Wildman–Crippen MR) is 70.2 cm³/mol. The van der Waals surface area contributed by atoms with E-state index in [2.05, 4.69) is 11.8 Å². The molecule has 2 atom stereocenters. The fourth-order valence-corrected chi connectivity index (χ4v) is 2.32. The van der Waals surface area contributed by atoms with Gasteiger partial charge in [-0.2, -0.15) is 0 Å². The molecule has 1 aromatic carbocycles. The number of carbonyl (C=O) groups is 1. The van der Waals surface area contributed by atoms with Crippen LogP contribution in [0.1, 0.15) is 12.5 Å². The second-order valence-electron chi connectivity index (χ2n) is 4.91. The molecule has 0 bridgehead atoms. The van der Waals surface area contributed by atoms with E-state index in [4.69, 9.17) is 9.84 Å². The van der Waals surface area contributed by atoms with Gasteiger partial charge in [0.15, 0.2) is 6.10 Å². The van der Waals surface area contributed by atoms with Crippen molar-refractivity contribution in [3.8, 4) is 5.75 Å². The summed E-state index contributed by atoms with van der Waals surface area (Å²) in [5.74, 6) is -0.643. The molecule has 1 aliphatic rings. The first-order valence-corrected chi connectivity index (χ1v) is 6.42. The number of ether oxygens (including phenoxy) is 1. The van der Waals surface area contributed by atoms with Crippen molar-refractivity contribution in [1.29, 1.82) is 0 Å². The molecule has 2 unspecified atom stereocenters. The standard InChI is InChI=1S/C14H19NO4/c1-10(8-11-2-4-12(16)5-3-11)15-6-7-19-13(9-15)14(17)18/h2-5,10,13,16H,6-9H2,1H3,(H,17,18). The van der Waals surface area contributed by atoms with Gasteiger partial charge in [0, 0.05) is 19.1 Å². The molecule has 0 aromatic heterocycles. The number of aliphatic carboxylic acids is 1. The molecular formula is C14H19NO4. The van der Waals surface area contributed by atoms with Crippen LogP contribution in [0.15, 0.2) is 24.3 Å². The lowest BCUT2D eigenvalue weighted by Gasteiger charge is -2.35. The van der Waals surface area contributed by atoms with Crippen molar-refractivity contribution in [1.82, 2.24) is 4.90 Å². The van der Waals surface area contributed by atoms with E-state index in [9.17, 15) is 9.90 Å². The number of morpholine rings is 1. The molecule has 0 spiro atoms. The van der Waals surface area contributed by atoms with Gasteiger partial charge < -0.3 is 14.9 Å². The molecular weight excluding hydrogens is 246 g/mol. The summed E-state index contributed by atoms with van der Waals surface area (Å²) in [6.45, 7) is 3.71. The van der Waals surface area contributed by atoms with Gasteiger partial charge in [0.1, 0.15) is 5.75 Å². The summed E-state index contributed by atoms with van der Waals surface area (Å²) >= 11 is 0. The zero-order valence-electron chi connectivity index (χ0n) is 11.0. The highest BCUT2D eigenvalue weighted by molar-refractivity contribution is 5.72. The van der Waals surface area contributed by atoms with Gasteiger partial charge in [0.25, 0.3) is 0 Å². The number of hydrogen-bond acceptors (Lipinski definition) is 4. The zero-order valence-corrected chi connectivity index (χ0v) is 11.0. The Hall–Kier alpha value is -1.59. The summed E-state index contributed by atoms with van der Waals surface area (Å²) in [6.07, 6.45) is 0.100. The molecule has 104 valence electrons. The molecule has 0 saturated carbocycles. The molecule has 1 saturated heterocycles. The molecule has 1 aliphatic heterocycles. The minimum absolute atomic E-state index is 0.246. The Morgan fingerprint density at radius 2 is 2.16 bits per heavy atom. The first kappa shape index (κ1) is 13.8. The number of phenols is 1. The van der Waals surface area contributed by atoms with E-state index >= 15 is 0 Å². The van der Waals surface area contributed by atoms with Crippen molar-refractivity contribution in [3.05, 3.63) is 29.8 Å². The van der Waals surface area contributed by atoms with Gasteiger partial charge in [-0.15, -0.1) is 0 Å². The number of benzene rings is 1. The maximum Gasteiger partial charge on any atom is 0.334 e. The fourth-order valence-electron chi connectivity index (χ4n) is 2.32. The van der Waals surface area contributed by atoms with Gasteiger partial charge in [0.2, 0.25) is 0 Å². The smallest absolute Gasteiger partial charge is 0.334 e. The Bertz CT molecular complexity index is 432. The summed E-state index contributed by atoms with van der Waals surface area (Å²) in [4.78, 5) is 13.1. The van der Waals surface area contributed by atoms with Crippen LogP contribution in [0, 0.1) is 0 Å². The van der Waals surface area contributed by atoms with Gasteiger partial charge in [-0.25, -0.2) is 4.79 Å². The zero-order chi connectivity index (χ0) is 13.8. The van der Waals surface area contributed by atoms with Crippen molar-refractivity contribution in [2.24, 2.45) is 0 Å². The SMILES string of the molecule is CC(Cc1ccc(O)cc1)N1CCOC(C(=O)O)C1. The molecule has 0 aliphatic carbocycles. The third kappa shape index (κ3) is 3.68. The first-order chi connectivity index (χ1) is 9.06. The maximum absolute atomic E-state index is 10.9. The average Bonchev–Trinajstić information content (AvgIpc) is 2.41. The van der Waals surface area contributed by atoms with Crippen LogP contribution >= 0.6 is 0 Å². The van der Waals surface area contributed by atoms with Crippen LogP contribution < -0.4 is 0 Å². The van der Waals surface area contributed by atoms with E-state index < -0.39 is 12.1 Å². The molecule has 1 fully saturated rings. The van der Waals surface area contributed by atoms with Gasteiger partial charge in [-0.3, -0.25) is 4.90 Å². The second-order valence-corrected chi connectivity index (χ2v) is 4.91. The molecule has 5 heteroatoms. The third-order valence-electron chi connectivity index (χ3n) is 3.46.